The average Bonchev–Trinajstić information content (AvgIpc) is 3.33. The number of aryl methyl sites for hydroxylation is 1. The van der Waals surface area contributed by atoms with Crippen molar-refractivity contribution in [1.29, 1.82) is 0 Å². The molecule has 1 aromatic heterocycles. The smallest absolute Gasteiger partial charge is 0.417 e. The van der Waals surface area contributed by atoms with Gasteiger partial charge in [0.05, 0.1) is 30.5 Å². The maximum Gasteiger partial charge on any atom is 0.417 e. The van der Waals surface area contributed by atoms with Gasteiger partial charge in [0, 0.05) is 11.4 Å². The summed E-state index contributed by atoms with van der Waals surface area (Å²) in [6.07, 6.45) is -4.67. The Morgan fingerprint density at radius 1 is 1.00 bits per heavy atom. The lowest BCUT2D eigenvalue weighted by Gasteiger charge is -2.14. The van der Waals surface area contributed by atoms with Crippen LogP contribution in [0.2, 0.25) is 0 Å². The molecule has 202 valence electrons. The number of nitrogens with one attached hydrogen (secondary N) is 2. The molecule has 0 atom stereocenters. The molecule has 0 aliphatic carbocycles. The second kappa shape index (κ2) is 12.0. The molecule has 0 bridgehead atoms. The molecule has 4 aromatic rings. The maximum atomic E-state index is 13.4. The van der Waals surface area contributed by atoms with Crippen LogP contribution in [0.15, 0.2) is 78.0 Å². The number of thioether (sulfide) groups is 1. The van der Waals surface area contributed by atoms with E-state index in [1.54, 1.807) is 35.9 Å². The molecule has 0 unspecified atom stereocenters. The van der Waals surface area contributed by atoms with E-state index in [0.717, 1.165) is 29.5 Å². The van der Waals surface area contributed by atoms with E-state index in [4.69, 9.17) is 4.74 Å². The minimum absolute atomic E-state index is 0.0152. The Hall–Kier alpha value is -4.32. The van der Waals surface area contributed by atoms with Crippen LogP contribution in [0, 0.1) is 6.92 Å². The average molecular weight is 556 g/mol. The molecule has 3 aromatic carbocycles. The fraction of sp³-hybridized carbons (Fsp3) is 0.185. The molecule has 0 aliphatic heterocycles. The van der Waals surface area contributed by atoms with E-state index in [0.29, 0.717) is 22.3 Å². The molecular weight excluding hydrogens is 531 g/mol. The predicted octanol–water partition coefficient (Wildman–Crippen LogP) is 5.26. The minimum Gasteiger partial charge on any atom is -0.497 e. The first-order chi connectivity index (χ1) is 18.7. The number of carbonyl (C=O) groups excluding carboxylic acids is 2. The fourth-order valence-corrected chi connectivity index (χ4v) is 4.49. The third-order valence-electron chi connectivity index (χ3n) is 5.55. The molecule has 1 heterocycles. The Morgan fingerprint density at radius 2 is 1.74 bits per heavy atom. The normalized spacial score (nSPS) is 11.2. The van der Waals surface area contributed by atoms with E-state index < -0.39 is 23.2 Å². The molecule has 0 radical (unpaired) electrons. The summed E-state index contributed by atoms with van der Waals surface area (Å²) in [5.74, 6) is -0.203. The van der Waals surface area contributed by atoms with E-state index in [1.807, 2.05) is 31.2 Å². The van der Waals surface area contributed by atoms with Crippen LogP contribution in [0.3, 0.4) is 0 Å². The number of amides is 2. The third-order valence-corrected chi connectivity index (χ3v) is 6.48. The fourth-order valence-electron chi connectivity index (χ4n) is 3.72. The molecule has 0 saturated carbocycles. The minimum atomic E-state index is -4.67. The molecule has 0 fully saturated rings. The number of benzene rings is 3. The monoisotopic (exact) mass is 555 g/mol. The molecule has 2 amide bonds. The number of anilines is 1. The summed E-state index contributed by atoms with van der Waals surface area (Å²) in [6, 6.07) is 18.9. The number of nitrogens with zero attached hydrogens (tertiary/aromatic N) is 3. The Balaban J connectivity index is 1.52. The highest BCUT2D eigenvalue weighted by Crippen LogP contribution is 2.32. The van der Waals surface area contributed by atoms with Crippen molar-refractivity contribution < 1.29 is 27.5 Å². The van der Waals surface area contributed by atoms with Gasteiger partial charge in [-0.3, -0.25) is 14.2 Å². The van der Waals surface area contributed by atoms with E-state index in [9.17, 15) is 22.8 Å². The van der Waals surface area contributed by atoms with Gasteiger partial charge in [-0.15, -0.1) is 10.2 Å². The van der Waals surface area contributed by atoms with Crippen LogP contribution in [-0.4, -0.2) is 39.4 Å². The van der Waals surface area contributed by atoms with Crippen molar-refractivity contribution in [3.05, 3.63) is 95.3 Å². The Bertz CT molecular complexity index is 1470. The second-order valence-corrected chi connectivity index (χ2v) is 9.31. The first-order valence-electron chi connectivity index (χ1n) is 11.7. The summed E-state index contributed by atoms with van der Waals surface area (Å²) in [7, 11) is 1.55. The number of hydrogen-bond donors (Lipinski definition) is 2. The van der Waals surface area contributed by atoms with E-state index in [1.165, 1.54) is 12.1 Å². The number of alkyl halides is 3. The number of aromatic nitrogens is 3. The standard InChI is InChI=1S/C27H24F3N5O3S/c1-17-6-5-7-19(14-17)35-23(15-31-25(37)21-8-3-4-9-22(21)27(28,29)30)33-34-26(35)39-16-24(36)32-18-10-12-20(38-2)13-11-18/h3-14H,15-16H2,1-2H3,(H,31,37)(H,32,36). The Labute approximate surface area is 226 Å². The summed E-state index contributed by atoms with van der Waals surface area (Å²) in [5.41, 5.74) is 0.712. The van der Waals surface area contributed by atoms with E-state index >= 15 is 0 Å². The van der Waals surface area contributed by atoms with Crippen LogP contribution >= 0.6 is 11.8 Å². The molecule has 0 aliphatic rings. The van der Waals surface area contributed by atoms with Crippen LogP contribution in [0.5, 0.6) is 5.75 Å². The number of methoxy groups -OCH3 is 1. The number of rotatable bonds is 9. The van der Waals surface area contributed by atoms with Gasteiger partial charge in [-0.1, -0.05) is 36.0 Å². The first-order valence-corrected chi connectivity index (χ1v) is 12.7. The molecule has 39 heavy (non-hydrogen) atoms. The zero-order valence-corrected chi connectivity index (χ0v) is 21.8. The van der Waals surface area contributed by atoms with Gasteiger partial charge in [-0.05, 0) is 61.0 Å². The largest absolute Gasteiger partial charge is 0.497 e. The van der Waals surface area contributed by atoms with Gasteiger partial charge in [0.15, 0.2) is 11.0 Å². The van der Waals surface area contributed by atoms with Gasteiger partial charge >= 0.3 is 6.18 Å². The highest BCUT2D eigenvalue weighted by atomic mass is 32.2. The van der Waals surface area contributed by atoms with Gasteiger partial charge in [-0.25, -0.2) is 0 Å². The lowest BCUT2D eigenvalue weighted by molar-refractivity contribution is -0.138. The van der Waals surface area contributed by atoms with Crippen LogP contribution in [0.4, 0.5) is 18.9 Å². The van der Waals surface area contributed by atoms with Crippen molar-refractivity contribution in [2.75, 3.05) is 18.2 Å². The van der Waals surface area contributed by atoms with Gasteiger partial charge in [0.25, 0.3) is 5.91 Å². The van der Waals surface area contributed by atoms with Crippen molar-refractivity contribution >= 4 is 29.3 Å². The Kier molecular flexibility index (Phi) is 8.55. The van der Waals surface area contributed by atoms with Gasteiger partial charge in [-0.2, -0.15) is 13.2 Å². The predicted molar refractivity (Wildman–Crippen MR) is 141 cm³/mol. The molecule has 2 N–H and O–H groups in total. The zero-order valence-electron chi connectivity index (χ0n) is 21.0. The molecule has 12 heteroatoms. The molecule has 8 nitrogen and oxygen atoms in total. The summed E-state index contributed by atoms with van der Waals surface area (Å²) >= 11 is 1.13. The highest BCUT2D eigenvalue weighted by molar-refractivity contribution is 7.99. The SMILES string of the molecule is COc1ccc(NC(=O)CSc2nnc(CNC(=O)c3ccccc3C(F)(F)F)n2-c2cccc(C)c2)cc1. The summed E-state index contributed by atoms with van der Waals surface area (Å²) in [6.45, 7) is 1.71. The van der Waals surface area contributed by atoms with Crippen LogP contribution in [0.1, 0.15) is 27.3 Å². The molecule has 0 spiro atoms. The second-order valence-electron chi connectivity index (χ2n) is 8.36. The molecule has 0 saturated heterocycles. The zero-order chi connectivity index (χ0) is 28.0. The topological polar surface area (TPSA) is 98.1 Å². The summed E-state index contributed by atoms with van der Waals surface area (Å²) < 4.78 is 46.9. The maximum absolute atomic E-state index is 13.4. The van der Waals surface area contributed by atoms with Crippen molar-refractivity contribution in [3.63, 3.8) is 0 Å². The number of ether oxygens (including phenoxy) is 1. The van der Waals surface area contributed by atoms with Crippen LogP contribution < -0.4 is 15.4 Å². The number of carbonyl (C=O) groups is 2. The van der Waals surface area contributed by atoms with Gasteiger partial charge in [0.2, 0.25) is 5.91 Å². The van der Waals surface area contributed by atoms with Crippen molar-refractivity contribution in [2.45, 2.75) is 24.8 Å². The van der Waals surface area contributed by atoms with Crippen LogP contribution in [-0.2, 0) is 17.5 Å². The van der Waals surface area contributed by atoms with Gasteiger partial charge in [0.1, 0.15) is 5.75 Å². The quantitative estimate of drug-likeness (QED) is 0.273. The summed E-state index contributed by atoms with van der Waals surface area (Å²) in [4.78, 5) is 25.3. The lowest BCUT2D eigenvalue weighted by atomic mass is 10.1. The van der Waals surface area contributed by atoms with E-state index in [2.05, 4.69) is 20.8 Å². The first kappa shape index (κ1) is 27.7. The van der Waals surface area contributed by atoms with E-state index in [-0.39, 0.29) is 24.0 Å². The lowest BCUT2D eigenvalue weighted by Crippen LogP contribution is -2.27. The molecular formula is C27H24F3N5O3S. The third kappa shape index (κ3) is 6.96. The molecule has 4 rings (SSSR count). The number of halogens is 3. The summed E-state index contributed by atoms with van der Waals surface area (Å²) in [5, 5.41) is 14.0. The van der Waals surface area contributed by atoms with Crippen LogP contribution in [0.25, 0.3) is 5.69 Å². The van der Waals surface area contributed by atoms with Crippen molar-refractivity contribution in [1.82, 2.24) is 20.1 Å². The van der Waals surface area contributed by atoms with Gasteiger partial charge < -0.3 is 15.4 Å². The van der Waals surface area contributed by atoms with Crippen molar-refractivity contribution in [2.24, 2.45) is 0 Å². The Morgan fingerprint density at radius 3 is 2.44 bits per heavy atom. The van der Waals surface area contributed by atoms with Crippen molar-refractivity contribution in [3.8, 4) is 11.4 Å². The number of hydrogen-bond acceptors (Lipinski definition) is 6. The highest BCUT2D eigenvalue weighted by Gasteiger charge is 2.34.